The van der Waals surface area contributed by atoms with Crippen LogP contribution >= 0.6 is 0 Å². The molecule has 13 nitrogen and oxygen atoms in total. The maximum Gasteiger partial charge on any atom is 0.328 e. The van der Waals surface area contributed by atoms with E-state index in [4.69, 9.17) is 16.6 Å². The monoisotopic (exact) mass is 467 g/mol. The Bertz CT molecular complexity index is 874. The third-order valence-electron chi connectivity index (χ3n) is 4.57. The van der Waals surface area contributed by atoms with Gasteiger partial charge in [-0.1, -0.05) is 12.1 Å². The van der Waals surface area contributed by atoms with Gasteiger partial charge in [0.1, 0.15) is 17.8 Å². The number of phenolic OH excluding ortho intramolecular Hbond substituents is 1. The number of hydrogen-bond donors (Lipinski definition) is 8. The molecule has 4 amide bonds. The Hall–Kier alpha value is -3.71. The maximum absolute atomic E-state index is 12.6. The number of carboxylic acids is 1. The molecule has 1 aromatic rings. The third kappa shape index (κ3) is 9.13. The van der Waals surface area contributed by atoms with Gasteiger partial charge in [-0.3, -0.25) is 19.2 Å². The molecule has 0 aliphatic rings. The average molecular weight is 467 g/mol. The number of carboxylic acid groups (broad SMARTS) is 1. The third-order valence-corrected chi connectivity index (χ3v) is 4.57. The van der Waals surface area contributed by atoms with Crippen LogP contribution < -0.4 is 27.4 Å². The zero-order valence-electron chi connectivity index (χ0n) is 18.1. The van der Waals surface area contributed by atoms with Crippen molar-refractivity contribution in [3.8, 4) is 5.75 Å². The van der Waals surface area contributed by atoms with E-state index in [9.17, 15) is 34.2 Å². The summed E-state index contributed by atoms with van der Waals surface area (Å²) in [5.41, 5.74) is 11.6. The fourth-order valence-electron chi connectivity index (χ4n) is 2.71. The Kier molecular flexibility index (Phi) is 10.2. The molecule has 0 aliphatic heterocycles. The molecular weight excluding hydrogens is 438 g/mol. The quantitative estimate of drug-likeness (QED) is 0.157. The summed E-state index contributed by atoms with van der Waals surface area (Å²) < 4.78 is 0. The molecule has 1 aromatic carbocycles. The molecule has 0 spiro atoms. The predicted octanol–water partition coefficient (Wildman–Crippen LogP) is -2.92. The second-order valence-electron chi connectivity index (χ2n) is 7.50. The van der Waals surface area contributed by atoms with Crippen LogP contribution in [0.3, 0.4) is 0 Å². The van der Waals surface area contributed by atoms with E-state index in [1.807, 2.05) is 0 Å². The van der Waals surface area contributed by atoms with Gasteiger partial charge < -0.3 is 42.7 Å². The van der Waals surface area contributed by atoms with Crippen LogP contribution in [0.15, 0.2) is 24.3 Å². The Morgan fingerprint density at radius 2 is 1.52 bits per heavy atom. The van der Waals surface area contributed by atoms with E-state index in [2.05, 4.69) is 16.0 Å². The van der Waals surface area contributed by atoms with E-state index in [1.165, 1.54) is 26.0 Å². The van der Waals surface area contributed by atoms with Crippen LogP contribution in [0.4, 0.5) is 0 Å². The normalized spacial score (nSPS) is 15.3. The molecule has 13 heteroatoms. The molecule has 1 rings (SSSR count). The summed E-state index contributed by atoms with van der Waals surface area (Å²) in [4.78, 5) is 59.6. The summed E-state index contributed by atoms with van der Waals surface area (Å²) in [7, 11) is 0. The van der Waals surface area contributed by atoms with E-state index in [0.29, 0.717) is 5.56 Å². The maximum atomic E-state index is 12.6. The van der Waals surface area contributed by atoms with E-state index in [1.54, 1.807) is 12.1 Å². The van der Waals surface area contributed by atoms with E-state index < -0.39 is 66.3 Å². The second-order valence-corrected chi connectivity index (χ2v) is 7.50. The molecular formula is C20H29N5O8. The lowest BCUT2D eigenvalue weighted by molar-refractivity contribution is -0.145. The van der Waals surface area contributed by atoms with Crippen LogP contribution in [0.5, 0.6) is 5.75 Å². The van der Waals surface area contributed by atoms with Crippen LogP contribution in [0.25, 0.3) is 0 Å². The van der Waals surface area contributed by atoms with Crippen LogP contribution in [0.2, 0.25) is 0 Å². The molecule has 33 heavy (non-hydrogen) atoms. The average Bonchev–Trinajstić information content (AvgIpc) is 2.71. The van der Waals surface area contributed by atoms with Gasteiger partial charge in [0.05, 0.1) is 18.6 Å². The SMILES string of the molecule is CC(NC(=O)C(CC(N)=O)NC(=O)C(N)Cc1ccc(O)cc1)C(=O)NC(C(=O)O)C(C)O. The molecule has 10 N–H and O–H groups in total. The van der Waals surface area contributed by atoms with Gasteiger partial charge in [-0.15, -0.1) is 0 Å². The number of hydrogen-bond acceptors (Lipinski definition) is 8. The van der Waals surface area contributed by atoms with Crippen LogP contribution in [-0.4, -0.2) is 75.2 Å². The number of aliphatic hydroxyl groups excluding tert-OH is 1. The number of aromatic hydroxyl groups is 1. The minimum atomic E-state index is -1.60. The number of aliphatic hydroxyl groups is 1. The first-order valence-corrected chi connectivity index (χ1v) is 9.95. The van der Waals surface area contributed by atoms with Gasteiger partial charge >= 0.3 is 5.97 Å². The van der Waals surface area contributed by atoms with Crippen molar-refractivity contribution < 1.29 is 39.3 Å². The summed E-state index contributed by atoms with van der Waals surface area (Å²) in [6.07, 6.45) is -1.90. The summed E-state index contributed by atoms with van der Waals surface area (Å²) in [5.74, 6) is -4.94. The highest BCUT2D eigenvalue weighted by Gasteiger charge is 2.30. The Balaban J connectivity index is 2.79. The van der Waals surface area contributed by atoms with E-state index in [0.717, 1.165) is 0 Å². The fourth-order valence-corrected chi connectivity index (χ4v) is 2.71. The first-order valence-electron chi connectivity index (χ1n) is 9.95. The minimum absolute atomic E-state index is 0.0382. The fraction of sp³-hybridized carbons (Fsp3) is 0.450. The second kappa shape index (κ2) is 12.4. The van der Waals surface area contributed by atoms with Gasteiger partial charge in [0.2, 0.25) is 23.6 Å². The van der Waals surface area contributed by atoms with Crippen molar-refractivity contribution in [2.24, 2.45) is 11.5 Å². The molecule has 0 saturated heterocycles. The predicted molar refractivity (Wildman–Crippen MR) is 114 cm³/mol. The first-order chi connectivity index (χ1) is 15.3. The first kappa shape index (κ1) is 27.3. The van der Waals surface area contributed by atoms with Crippen molar-refractivity contribution in [3.63, 3.8) is 0 Å². The molecule has 0 saturated carbocycles. The number of carbonyl (C=O) groups excluding carboxylic acids is 4. The zero-order chi connectivity index (χ0) is 25.3. The Morgan fingerprint density at radius 3 is 2.00 bits per heavy atom. The molecule has 0 radical (unpaired) electrons. The summed E-state index contributed by atoms with van der Waals surface area (Å²) in [6, 6.07) is 0.558. The van der Waals surface area contributed by atoms with E-state index >= 15 is 0 Å². The van der Waals surface area contributed by atoms with Crippen molar-refractivity contribution in [2.75, 3.05) is 0 Å². The number of aliphatic carboxylic acids is 1. The topological polar surface area (TPSA) is 234 Å². The van der Waals surface area contributed by atoms with Gasteiger partial charge in [-0.2, -0.15) is 0 Å². The number of nitrogens with two attached hydrogens (primary N) is 2. The van der Waals surface area contributed by atoms with Crippen molar-refractivity contribution in [2.45, 2.75) is 57.0 Å². The zero-order valence-corrected chi connectivity index (χ0v) is 18.1. The lowest BCUT2D eigenvalue weighted by atomic mass is 10.0. The highest BCUT2D eigenvalue weighted by atomic mass is 16.4. The number of rotatable bonds is 12. The molecule has 0 heterocycles. The number of nitrogens with one attached hydrogen (secondary N) is 3. The van der Waals surface area contributed by atoms with Gasteiger partial charge in [0.25, 0.3) is 0 Å². The number of amides is 4. The number of benzene rings is 1. The number of carbonyl (C=O) groups is 5. The lowest BCUT2D eigenvalue weighted by Crippen LogP contribution is -2.58. The molecule has 5 unspecified atom stereocenters. The highest BCUT2D eigenvalue weighted by molar-refractivity contribution is 5.96. The largest absolute Gasteiger partial charge is 0.508 e. The summed E-state index contributed by atoms with van der Waals surface area (Å²) >= 11 is 0. The molecule has 182 valence electrons. The summed E-state index contributed by atoms with van der Waals surface area (Å²) in [6.45, 7) is 2.41. The van der Waals surface area contributed by atoms with Crippen LogP contribution in [0.1, 0.15) is 25.8 Å². The van der Waals surface area contributed by atoms with Crippen LogP contribution in [0, 0.1) is 0 Å². The lowest BCUT2D eigenvalue weighted by Gasteiger charge is -2.23. The molecule has 0 fully saturated rings. The van der Waals surface area contributed by atoms with E-state index in [-0.39, 0.29) is 12.2 Å². The minimum Gasteiger partial charge on any atom is -0.508 e. The van der Waals surface area contributed by atoms with Crippen molar-refractivity contribution >= 4 is 29.6 Å². The summed E-state index contributed by atoms with van der Waals surface area (Å²) in [5, 5.41) is 34.4. The highest BCUT2D eigenvalue weighted by Crippen LogP contribution is 2.11. The Morgan fingerprint density at radius 1 is 0.939 bits per heavy atom. The molecule has 0 aromatic heterocycles. The van der Waals surface area contributed by atoms with Gasteiger partial charge in [-0.25, -0.2) is 4.79 Å². The molecule has 5 atom stereocenters. The van der Waals surface area contributed by atoms with Gasteiger partial charge in [0.15, 0.2) is 6.04 Å². The van der Waals surface area contributed by atoms with Crippen molar-refractivity contribution in [3.05, 3.63) is 29.8 Å². The smallest absolute Gasteiger partial charge is 0.328 e. The van der Waals surface area contributed by atoms with Crippen molar-refractivity contribution in [1.29, 1.82) is 0 Å². The molecule has 0 bridgehead atoms. The number of primary amides is 1. The molecule has 0 aliphatic carbocycles. The number of phenols is 1. The van der Waals surface area contributed by atoms with Gasteiger partial charge in [0, 0.05) is 0 Å². The van der Waals surface area contributed by atoms with Gasteiger partial charge in [-0.05, 0) is 38.0 Å². The van der Waals surface area contributed by atoms with Crippen molar-refractivity contribution in [1.82, 2.24) is 16.0 Å². The Labute approximate surface area is 189 Å². The standard InChI is InChI=1S/C20H29N5O8/c1-9(17(29)25-16(10(2)26)20(32)33)23-19(31)14(8-15(22)28)24-18(30)13(21)7-11-3-5-12(27)6-4-11/h3-6,9-10,13-14,16,26-27H,7-8,21H2,1-2H3,(H2,22,28)(H,23,31)(H,24,30)(H,25,29)(H,32,33). The van der Waals surface area contributed by atoms with Crippen LogP contribution in [-0.2, 0) is 30.4 Å².